The van der Waals surface area contributed by atoms with Gasteiger partial charge in [0, 0.05) is 44.2 Å². The van der Waals surface area contributed by atoms with Gasteiger partial charge >= 0.3 is 0 Å². The van der Waals surface area contributed by atoms with Crippen molar-refractivity contribution in [1.29, 1.82) is 0 Å². The Morgan fingerprint density at radius 2 is 1.31 bits per heavy atom. The molecule has 4 nitrogen and oxygen atoms in total. The van der Waals surface area contributed by atoms with Gasteiger partial charge in [-0.25, -0.2) is 0 Å². The molecule has 0 fully saturated rings. The standard InChI is InChI=1S/C26H24N2O2S2/c1-27(2)25(29)32-22-16-14-18-10-6-8-12-20(18)24(22)23-19-11-7-5-9-17(19)13-15-21(23)30-26(31)28(3)4/h5-16H,1-4H3. The minimum absolute atomic E-state index is 0.0342. The zero-order chi connectivity index (χ0) is 22.8. The van der Waals surface area contributed by atoms with Crippen LogP contribution in [0.1, 0.15) is 0 Å². The van der Waals surface area contributed by atoms with Crippen molar-refractivity contribution < 1.29 is 9.53 Å². The topological polar surface area (TPSA) is 32.8 Å². The summed E-state index contributed by atoms with van der Waals surface area (Å²) in [5, 5.41) is 4.63. The van der Waals surface area contributed by atoms with Crippen LogP contribution in [0.4, 0.5) is 4.79 Å². The third-order valence-electron chi connectivity index (χ3n) is 5.16. The number of fused-ring (bicyclic) bond motifs is 2. The summed E-state index contributed by atoms with van der Waals surface area (Å²) in [6.45, 7) is 0. The second-order valence-electron chi connectivity index (χ2n) is 7.84. The van der Waals surface area contributed by atoms with Crippen molar-refractivity contribution in [2.75, 3.05) is 28.2 Å². The van der Waals surface area contributed by atoms with E-state index in [1.807, 2.05) is 56.6 Å². The Bertz CT molecular complexity index is 1230. The first-order valence-corrected chi connectivity index (χ1v) is 11.4. The molecule has 0 heterocycles. The number of thiocarbonyl (C=S) groups is 1. The van der Waals surface area contributed by atoms with Gasteiger partial charge in [0.15, 0.2) is 0 Å². The molecule has 1 amide bonds. The van der Waals surface area contributed by atoms with Crippen molar-refractivity contribution in [3.63, 3.8) is 0 Å². The molecule has 4 aromatic rings. The summed E-state index contributed by atoms with van der Waals surface area (Å²) in [6, 6.07) is 24.5. The number of rotatable bonds is 3. The van der Waals surface area contributed by atoms with Crippen LogP contribution in [0.5, 0.6) is 5.75 Å². The monoisotopic (exact) mass is 460 g/mol. The second kappa shape index (κ2) is 9.18. The first-order chi connectivity index (χ1) is 15.4. The molecule has 0 saturated carbocycles. The van der Waals surface area contributed by atoms with E-state index in [0.29, 0.717) is 10.9 Å². The van der Waals surface area contributed by atoms with Crippen LogP contribution < -0.4 is 4.74 Å². The highest BCUT2D eigenvalue weighted by atomic mass is 32.2. The lowest BCUT2D eigenvalue weighted by molar-refractivity contribution is 0.241. The summed E-state index contributed by atoms with van der Waals surface area (Å²) in [5.41, 5.74) is 1.90. The molecule has 162 valence electrons. The number of hydrogen-bond donors (Lipinski definition) is 0. The van der Waals surface area contributed by atoms with Crippen LogP contribution in [0.15, 0.2) is 77.7 Å². The van der Waals surface area contributed by atoms with Crippen molar-refractivity contribution in [3.8, 4) is 16.9 Å². The molecule has 0 spiro atoms. The predicted molar refractivity (Wildman–Crippen MR) is 139 cm³/mol. The minimum Gasteiger partial charge on any atom is -0.431 e. The first-order valence-electron chi connectivity index (χ1n) is 10.2. The lowest BCUT2D eigenvalue weighted by Crippen LogP contribution is -2.25. The molecule has 0 bridgehead atoms. The second-order valence-corrected chi connectivity index (χ2v) is 9.19. The molecular formula is C26H24N2O2S2. The summed E-state index contributed by atoms with van der Waals surface area (Å²) in [6.07, 6.45) is 0. The first kappa shape index (κ1) is 22.1. The van der Waals surface area contributed by atoms with Gasteiger partial charge < -0.3 is 14.5 Å². The van der Waals surface area contributed by atoms with Crippen LogP contribution in [0.25, 0.3) is 32.7 Å². The number of hydrogen-bond acceptors (Lipinski definition) is 4. The van der Waals surface area contributed by atoms with E-state index >= 15 is 0 Å². The molecule has 0 N–H and O–H groups in total. The van der Waals surface area contributed by atoms with Crippen molar-refractivity contribution >= 4 is 55.9 Å². The zero-order valence-electron chi connectivity index (χ0n) is 18.5. The molecule has 0 atom stereocenters. The van der Waals surface area contributed by atoms with Gasteiger partial charge in [0.2, 0.25) is 0 Å². The van der Waals surface area contributed by atoms with E-state index in [-0.39, 0.29) is 5.24 Å². The number of thioether (sulfide) groups is 1. The van der Waals surface area contributed by atoms with E-state index in [1.54, 1.807) is 23.9 Å². The van der Waals surface area contributed by atoms with Crippen molar-refractivity contribution in [3.05, 3.63) is 72.8 Å². The van der Waals surface area contributed by atoms with Gasteiger partial charge in [-0.15, -0.1) is 0 Å². The van der Waals surface area contributed by atoms with Gasteiger partial charge in [0.1, 0.15) is 5.75 Å². The molecule has 6 heteroatoms. The van der Waals surface area contributed by atoms with Crippen molar-refractivity contribution in [2.45, 2.75) is 4.90 Å². The number of carbonyl (C=O) groups excluding carboxylic acids is 1. The van der Waals surface area contributed by atoms with Crippen LogP contribution in [-0.2, 0) is 0 Å². The number of carbonyl (C=O) groups is 1. The summed E-state index contributed by atoms with van der Waals surface area (Å²) < 4.78 is 6.18. The van der Waals surface area contributed by atoms with Gasteiger partial charge in [0.25, 0.3) is 10.4 Å². The molecule has 0 unspecified atom stereocenters. The van der Waals surface area contributed by atoms with E-state index in [2.05, 4.69) is 30.3 Å². The molecule has 0 aliphatic carbocycles. The molecule has 0 aromatic heterocycles. The van der Waals surface area contributed by atoms with Gasteiger partial charge in [-0.3, -0.25) is 4.79 Å². The van der Waals surface area contributed by atoms with Crippen LogP contribution >= 0.6 is 24.0 Å². The lowest BCUT2D eigenvalue weighted by Gasteiger charge is -2.21. The number of ether oxygens (including phenoxy) is 1. The van der Waals surface area contributed by atoms with Crippen LogP contribution in [-0.4, -0.2) is 48.4 Å². The Kier molecular flexibility index (Phi) is 6.35. The van der Waals surface area contributed by atoms with E-state index in [1.165, 1.54) is 11.8 Å². The smallest absolute Gasteiger partial charge is 0.285 e. The normalized spacial score (nSPS) is 10.9. The summed E-state index contributed by atoms with van der Waals surface area (Å²) in [5.74, 6) is 0.665. The maximum Gasteiger partial charge on any atom is 0.285 e. The van der Waals surface area contributed by atoms with E-state index in [0.717, 1.165) is 37.6 Å². The fraction of sp³-hybridized carbons (Fsp3) is 0.154. The van der Waals surface area contributed by atoms with E-state index < -0.39 is 0 Å². The fourth-order valence-corrected chi connectivity index (χ4v) is 4.47. The van der Waals surface area contributed by atoms with Crippen LogP contribution in [0, 0.1) is 0 Å². The average Bonchev–Trinajstić information content (AvgIpc) is 2.79. The van der Waals surface area contributed by atoms with Gasteiger partial charge in [-0.2, -0.15) is 0 Å². The Morgan fingerprint density at radius 1 is 0.750 bits per heavy atom. The van der Waals surface area contributed by atoms with Gasteiger partial charge in [-0.05, 0) is 57.7 Å². The highest BCUT2D eigenvalue weighted by Crippen LogP contribution is 2.45. The molecule has 0 saturated heterocycles. The van der Waals surface area contributed by atoms with Gasteiger partial charge in [0.05, 0.1) is 0 Å². The molecule has 4 rings (SSSR count). The summed E-state index contributed by atoms with van der Waals surface area (Å²) in [4.78, 5) is 16.9. The Morgan fingerprint density at radius 3 is 1.91 bits per heavy atom. The number of benzene rings is 4. The SMILES string of the molecule is CN(C)C(=O)Sc1ccc2ccccc2c1-c1c(OC(=S)N(C)C)ccc2ccccc12. The van der Waals surface area contributed by atoms with Gasteiger partial charge in [-0.1, -0.05) is 60.7 Å². The molecule has 0 radical (unpaired) electrons. The Hall–Kier alpha value is -3.09. The molecular weight excluding hydrogens is 436 g/mol. The van der Waals surface area contributed by atoms with Crippen molar-refractivity contribution in [1.82, 2.24) is 9.80 Å². The van der Waals surface area contributed by atoms with E-state index in [9.17, 15) is 4.79 Å². The lowest BCUT2D eigenvalue weighted by atomic mass is 9.93. The molecule has 0 aliphatic heterocycles. The van der Waals surface area contributed by atoms with Crippen LogP contribution in [0.2, 0.25) is 0 Å². The highest BCUT2D eigenvalue weighted by Gasteiger charge is 2.21. The molecule has 32 heavy (non-hydrogen) atoms. The molecule has 4 aromatic carbocycles. The summed E-state index contributed by atoms with van der Waals surface area (Å²) >= 11 is 6.68. The number of amides is 1. The minimum atomic E-state index is -0.0342. The molecule has 0 aliphatic rings. The predicted octanol–water partition coefficient (Wildman–Crippen LogP) is 6.66. The summed E-state index contributed by atoms with van der Waals surface area (Å²) in [7, 11) is 7.24. The van der Waals surface area contributed by atoms with E-state index in [4.69, 9.17) is 17.0 Å². The number of nitrogens with zero attached hydrogens (tertiary/aromatic N) is 2. The average molecular weight is 461 g/mol. The quantitative estimate of drug-likeness (QED) is 0.252. The van der Waals surface area contributed by atoms with Crippen LogP contribution in [0.3, 0.4) is 0 Å². The third kappa shape index (κ3) is 4.29. The highest BCUT2D eigenvalue weighted by molar-refractivity contribution is 8.13. The van der Waals surface area contributed by atoms with Crippen molar-refractivity contribution in [2.24, 2.45) is 0 Å². The Labute approximate surface area is 197 Å². The fourth-order valence-electron chi connectivity index (χ4n) is 3.56. The Balaban J connectivity index is 2.07. The zero-order valence-corrected chi connectivity index (χ0v) is 20.1. The maximum absolute atomic E-state index is 12.7. The maximum atomic E-state index is 12.7. The third-order valence-corrected chi connectivity index (χ3v) is 6.70. The largest absolute Gasteiger partial charge is 0.431 e.